The molecule has 0 saturated heterocycles. The molecule has 0 heterocycles. The van der Waals surface area contributed by atoms with Gasteiger partial charge in [-0.15, -0.1) is 0 Å². The number of benzene rings is 1. The van der Waals surface area contributed by atoms with Crippen LogP contribution in [0.3, 0.4) is 0 Å². The van der Waals surface area contributed by atoms with Crippen molar-refractivity contribution in [3.05, 3.63) is 29.8 Å². The average molecular weight is 270 g/mol. The molecule has 1 aromatic carbocycles. The molecule has 4 heteroatoms. The molecule has 0 aromatic heterocycles. The van der Waals surface area contributed by atoms with Crippen LogP contribution in [0.15, 0.2) is 29.2 Å². The van der Waals surface area contributed by atoms with E-state index >= 15 is 0 Å². The number of aryl methyl sites for hydroxylation is 1. The van der Waals surface area contributed by atoms with E-state index in [-0.39, 0.29) is 5.04 Å². The van der Waals surface area contributed by atoms with E-state index in [1.54, 1.807) is 12.1 Å². The summed E-state index contributed by atoms with van der Waals surface area (Å²) in [6.07, 6.45) is 0. The van der Waals surface area contributed by atoms with Crippen LogP contribution in [0.5, 0.6) is 0 Å². The number of hydrogen-bond acceptors (Lipinski definition) is 2. The fourth-order valence-electron chi connectivity index (χ4n) is 1.42. The predicted octanol–water partition coefficient (Wildman–Crippen LogP) is 3.77. The third kappa shape index (κ3) is 2.47. The lowest BCUT2D eigenvalue weighted by Gasteiger charge is -2.35. The summed E-state index contributed by atoms with van der Waals surface area (Å²) < 4.78 is 25.3. The summed E-state index contributed by atoms with van der Waals surface area (Å²) in [5, 5.41) is -0.170. The number of rotatable bonds is 2. The molecule has 0 amide bonds. The van der Waals surface area contributed by atoms with Gasteiger partial charge in [0, 0.05) is 0 Å². The van der Waals surface area contributed by atoms with Crippen molar-refractivity contribution in [2.24, 2.45) is 0 Å². The molecule has 1 aromatic rings. The number of hydrogen-bond donors (Lipinski definition) is 0. The Morgan fingerprint density at radius 3 is 1.76 bits per heavy atom. The Balaban J connectivity index is 3.35. The molecule has 96 valence electrons. The first-order valence-electron chi connectivity index (χ1n) is 5.81. The van der Waals surface area contributed by atoms with Crippen LogP contribution in [0, 0.1) is 6.92 Å². The van der Waals surface area contributed by atoms with Gasteiger partial charge in [0.1, 0.15) is 9.29 Å². The molecule has 0 unspecified atom stereocenters. The van der Waals surface area contributed by atoms with Gasteiger partial charge in [0.05, 0.1) is 4.90 Å². The molecule has 2 nitrogen and oxygen atoms in total. The highest BCUT2D eigenvalue weighted by molar-refractivity contribution is 8.22. The van der Waals surface area contributed by atoms with E-state index in [2.05, 4.69) is 0 Å². The Morgan fingerprint density at radius 1 is 1.00 bits per heavy atom. The summed E-state index contributed by atoms with van der Waals surface area (Å²) in [7, 11) is -5.59. The molecule has 0 fully saturated rings. The predicted molar refractivity (Wildman–Crippen MR) is 75.6 cm³/mol. The van der Waals surface area contributed by atoms with Crippen LogP contribution >= 0.6 is 0 Å². The highest BCUT2D eigenvalue weighted by atomic mass is 32.4. The third-order valence-corrected chi connectivity index (χ3v) is 16.2. The molecule has 17 heavy (non-hydrogen) atoms. The maximum atomic E-state index is 12.7. The monoisotopic (exact) mass is 270 g/mol. The van der Waals surface area contributed by atoms with Gasteiger partial charge >= 0.3 is 0 Å². The van der Waals surface area contributed by atoms with Crippen molar-refractivity contribution in [1.29, 1.82) is 0 Å². The summed E-state index contributed by atoms with van der Waals surface area (Å²) in [5.74, 6) is 0. The molecule has 0 radical (unpaired) electrons. The molecule has 0 aliphatic heterocycles. The molecule has 1 rings (SSSR count). The summed E-state index contributed by atoms with van der Waals surface area (Å²) in [6.45, 7) is 11.9. The van der Waals surface area contributed by atoms with Crippen molar-refractivity contribution in [1.82, 2.24) is 0 Å². The van der Waals surface area contributed by atoms with Crippen LogP contribution in [-0.2, 0) is 9.29 Å². The average Bonchev–Trinajstić information content (AvgIpc) is 2.16. The first-order valence-corrected chi connectivity index (χ1v) is 11.0. The lowest BCUT2D eigenvalue weighted by atomic mass is 10.2. The second-order valence-corrected chi connectivity index (χ2v) is 16.7. The van der Waals surface area contributed by atoms with E-state index in [0.29, 0.717) is 4.90 Å². The maximum Gasteiger partial charge on any atom is 0.201 e. The van der Waals surface area contributed by atoms with E-state index in [1.165, 1.54) is 0 Å². The van der Waals surface area contributed by atoms with Crippen LogP contribution in [0.2, 0.25) is 18.1 Å². The molecular weight excluding hydrogens is 248 g/mol. The van der Waals surface area contributed by atoms with Crippen LogP contribution < -0.4 is 0 Å². The van der Waals surface area contributed by atoms with Gasteiger partial charge in [-0.1, -0.05) is 51.6 Å². The molecular formula is C13H22O2SSi. The SMILES string of the molecule is Cc1ccc(S(=O)(=O)[Si](C)(C)C(C)(C)C)cc1. The minimum atomic E-state index is -3.17. The van der Waals surface area contributed by atoms with Gasteiger partial charge < -0.3 is 0 Å². The Kier molecular flexibility index (Phi) is 3.61. The molecule has 0 spiro atoms. The molecule has 0 aliphatic rings. The normalized spacial score (nSPS) is 13.8. The van der Waals surface area contributed by atoms with Crippen molar-refractivity contribution in [2.45, 2.75) is 50.7 Å². The minimum Gasteiger partial charge on any atom is -0.231 e. The topological polar surface area (TPSA) is 34.1 Å². The lowest BCUT2D eigenvalue weighted by Crippen LogP contribution is -2.45. The molecule has 0 aliphatic carbocycles. The fraction of sp³-hybridized carbons (Fsp3) is 0.538. The van der Waals surface area contributed by atoms with Crippen molar-refractivity contribution >= 4 is 16.5 Å². The van der Waals surface area contributed by atoms with E-state index in [0.717, 1.165) is 5.56 Å². The highest BCUT2D eigenvalue weighted by Gasteiger charge is 2.48. The minimum absolute atomic E-state index is 0.170. The summed E-state index contributed by atoms with van der Waals surface area (Å²) in [6, 6.07) is 7.18. The largest absolute Gasteiger partial charge is 0.231 e. The zero-order chi connectivity index (χ0) is 13.5. The highest BCUT2D eigenvalue weighted by Crippen LogP contribution is 2.42. The Hall–Kier alpha value is -0.613. The second-order valence-electron chi connectivity index (χ2n) is 6.08. The van der Waals surface area contributed by atoms with Crippen molar-refractivity contribution in [3.8, 4) is 0 Å². The van der Waals surface area contributed by atoms with Gasteiger partial charge in [0.25, 0.3) is 0 Å². The van der Waals surface area contributed by atoms with Gasteiger partial charge in [-0.25, -0.2) is 8.42 Å². The van der Waals surface area contributed by atoms with Crippen molar-refractivity contribution in [2.75, 3.05) is 0 Å². The molecule has 0 bridgehead atoms. The van der Waals surface area contributed by atoms with E-state index < -0.39 is 16.5 Å². The zero-order valence-electron chi connectivity index (χ0n) is 11.5. The van der Waals surface area contributed by atoms with Gasteiger partial charge in [-0.05, 0) is 24.1 Å². The standard InChI is InChI=1S/C13H22O2SSi/c1-11-7-9-12(10-8-11)16(14,15)17(5,6)13(2,3)4/h7-10H,1-6H3. The van der Waals surface area contributed by atoms with Crippen LogP contribution in [0.1, 0.15) is 26.3 Å². The van der Waals surface area contributed by atoms with Gasteiger partial charge in [-0.2, -0.15) is 0 Å². The van der Waals surface area contributed by atoms with Gasteiger partial charge in [-0.3, -0.25) is 0 Å². The Morgan fingerprint density at radius 2 is 1.41 bits per heavy atom. The smallest absolute Gasteiger partial charge is 0.201 e. The molecule has 0 saturated carbocycles. The Bertz CT molecular complexity index is 493. The van der Waals surface area contributed by atoms with E-state index in [1.807, 2.05) is 52.9 Å². The third-order valence-electron chi connectivity index (χ3n) is 3.81. The second kappa shape index (κ2) is 4.25. The maximum absolute atomic E-state index is 12.7. The fourth-order valence-corrected chi connectivity index (χ4v) is 7.90. The van der Waals surface area contributed by atoms with Crippen LogP contribution in [-0.4, -0.2) is 15.6 Å². The first kappa shape index (κ1) is 14.4. The van der Waals surface area contributed by atoms with E-state index in [9.17, 15) is 8.42 Å². The van der Waals surface area contributed by atoms with Crippen molar-refractivity contribution in [3.63, 3.8) is 0 Å². The summed E-state index contributed by atoms with van der Waals surface area (Å²) >= 11 is 0. The molecule has 0 atom stereocenters. The van der Waals surface area contributed by atoms with E-state index in [4.69, 9.17) is 0 Å². The van der Waals surface area contributed by atoms with Gasteiger partial charge in [0.15, 0.2) is 0 Å². The summed E-state index contributed by atoms with van der Waals surface area (Å²) in [5.41, 5.74) is 1.08. The van der Waals surface area contributed by atoms with Gasteiger partial charge in [0.2, 0.25) is 7.22 Å². The summed E-state index contributed by atoms with van der Waals surface area (Å²) in [4.78, 5) is 0.467. The van der Waals surface area contributed by atoms with Crippen molar-refractivity contribution < 1.29 is 8.42 Å². The van der Waals surface area contributed by atoms with Crippen LogP contribution in [0.25, 0.3) is 0 Å². The van der Waals surface area contributed by atoms with Crippen LogP contribution in [0.4, 0.5) is 0 Å². The molecule has 0 N–H and O–H groups in total. The Labute approximate surface area is 106 Å². The first-order chi connectivity index (χ1) is 7.50. The quantitative estimate of drug-likeness (QED) is 0.767. The lowest BCUT2D eigenvalue weighted by molar-refractivity contribution is 0.602. The zero-order valence-corrected chi connectivity index (χ0v) is 13.4.